The number of aliphatic hydroxyl groups is 2. The Labute approximate surface area is 90.0 Å². The second-order valence-electron chi connectivity index (χ2n) is 3.06. The number of hydrogen-bond acceptors (Lipinski definition) is 4. The Morgan fingerprint density at radius 3 is 2.56 bits per heavy atom. The zero-order valence-corrected chi connectivity index (χ0v) is 7.96. The first-order chi connectivity index (χ1) is 7.47. The van der Waals surface area contributed by atoms with E-state index in [0.717, 1.165) is 12.1 Å². The first kappa shape index (κ1) is 12.1. The van der Waals surface area contributed by atoms with E-state index in [4.69, 9.17) is 15.5 Å². The molecule has 5 nitrogen and oxygen atoms in total. The molecule has 0 radical (unpaired) electrons. The van der Waals surface area contributed by atoms with Crippen molar-refractivity contribution in [2.75, 3.05) is 0 Å². The van der Waals surface area contributed by atoms with Gasteiger partial charge in [-0.05, 0) is 17.7 Å². The van der Waals surface area contributed by atoms with Crippen LogP contribution in [-0.4, -0.2) is 27.4 Å². The monoisotopic (exact) mass is 225 g/mol. The van der Waals surface area contributed by atoms with Gasteiger partial charge in [0.15, 0.2) is 6.10 Å². The lowest BCUT2D eigenvalue weighted by molar-refractivity contribution is 0.0498. The van der Waals surface area contributed by atoms with E-state index in [2.05, 4.69) is 0 Å². The number of aliphatic hydroxyl groups excluding tert-OH is 2. The van der Waals surface area contributed by atoms with Gasteiger partial charge in [0.1, 0.15) is 11.9 Å². The van der Waals surface area contributed by atoms with Crippen LogP contribution >= 0.6 is 0 Å². The lowest BCUT2D eigenvalue weighted by Crippen LogP contribution is -2.19. The van der Waals surface area contributed by atoms with Crippen LogP contribution in [0.2, 0.25) is 0 Å². The lowest BCUT2D eigenvalue weighted by atomic mass is 9.99. The van der Waals surface area contributed by atoms with Gasteiger partial charge in [0.05, 0.1) is 11.6 Å². The molecule has 1 aromatic carbocycles. The van der Waals surface area contributed by atoms with Crippen molar-refractivity contribution in [3.63, 3.8) is 0 Å². The Morgan fingerprint density at radius 1 is 1.44 bits per heavy atom. The van der Waals surface area contributed by atoms with Crippen molar-refractivity contribution in [1.29, 1.82) is 5.26 Å². The smallest absolute Gasteiger partial charge is 0.336 e. The molecule has 2 unspecified atom stereocenters. The third-order valence-electron chi connectivity index (χ3n) is 2.00. The van der Waals surface area contributed by atoms with Crippen molar-refractivity contribution in [1.82, 2.24) is 0 Å². The Bertz CT molecular complexity index is 455. The quantitative estimate of drug-likeness (QED) is 0.648. The van der Waals surface area contributed by atoms with E-state index in [-0.39, 0.29) is 5.56 Å². The van der Waals surface area contributed by atoms with Crippen molar-refractivity contribution in [2.24, 2.45) is 0 Å². The summed E-state index contributed by atoms with van der Waals surface area (Å²) in [7, 11) is 0. The fourth-order valence-electron chi connectivity index (χ4n) is 1.21. The maximum atomic E-state index is 12.8. The minimum atomic E-state index is -1.76. The number of carboxylic acids is 1. The molecule has 0 aliphatic carbocycles. The van der Waals surface area contributed by atoms with Crippen LogP contribution in [0.4, 0.5) is 4.39 Å². The maximum absolute atomic E-state index is 12.8. The molecule has 3 N–H and O–H groups in total. The summed E-state index contributed by atoms with van der Waals surface area (Å²) in [5, 5.41) is 35.6. The zero-order chi connectivity index (χ0) is 12.3. The highest BCUT2D eigenvalue weighted by Gasteiger charge is 2.23. The van der Waals surface area contributed by atoms with E-state index < -0.39 is 29.6 Å². The Morgan fingerprint density at radius 2 is 2.06 bits per heavy atom. The van der Waals surface area contributed by atoms with Crippen molar-refractivity contribution in [3.8, 4) is 6.07 Å². The van der Waals surface area contributed by atoms with Crippen LogP contribution in [0.15, 0.2) is 18.2 Å². The number of rotatable bonds is 3. The van der Waals surface area contributed by atoms with Gasteiger partial charge in [0, 0.05) is 0 Å². The average Bonchev–Trinajstić information content (AvgIpc) is 2.26. The molecule has 1 rings (SSSR count). The third kappa shape index (κ3) is 2.34. The molecule has 0 saturated heterocycles. The molecule has 16 heavy (non-hydrogen) atoms. The molecular formula is C10H8FNO4. The van der Waals surface area contributed by atoms with Crippen LogP contribution in [0.3, 0.4) is 0 Å². The van der Waals surface area contributed by atoms with Gasteiger partial charge >= 0.3 is 5.97 Å². The van der Waals surface area contributed by atoms with Gasteiger partial charge in [-0.1, -0.05) is 6.07 Å². The van der Waals surface area contributed by atoms with Gasteiger partial charge in [0.25, 0.3) is 0 Å². The molecule has 84 valence electrons. The minimum absolute atomic E-state index is 0.206. The second kappa shape index (κ2) is 4.70. The van der Waals surface area contributed by atoms with Crippen molar-refractivity contribution in [2.45, 2.75) is 12.2 Å². The highest BCUT2D eigenvalue weighted by molar-refractivity contribution is 5.89. The molecule has 0 heterocycles. The number of nitriles is 1. The number of halogens is 1. The third-order valence-corrected chi connectivity index (χ3v) is 2.00. The normalized spacial score (nSPS) is 13.9. The zero-order valence-electron chi connectivity index (χ0n) is 7.96. The second-order valence-corrected chi connectivity index (χ2v) is 3.06. The van der Waals surface area contributed by atoms with Gasteiger partial charge in [0.2, 0.25) is 0 Å². The van der Waals surface area contributed by atoms with E-state index >= 15 is 0 Å². The number of carbonyl (C=O) groups is 1. The van der Waals surface area contributed by atoms with Gasteiger partial charge in [-0.2, -0.15) is 5.26 Å². The van der Waals surface area contributed by atoms with E-state index in [1.807, 2.05) is 0 Å². The standard InChI is InChI=1S/C10H8FNO4/c11-5-1-2-6(7(3-5)10(15)16)9(14)8(13)4-12/h1-3,8-9,13-14H,(H,15,16). The molecular weight excluding hydrogens is 217 g/mol. The Balaban J connectivity index is 3.23. The molecule has 0 fully saturated rings. The molecule has 0 saturated carbocycles. The summed E-state index contributed by atoms with van der Waals surface area (Å²) in [6, 6.07) is 4.03. The van der Waals surface area contributed by atoms with Crippen LogP contribution in [-0.2, 0) is 0 Å². The van der Waals surface area contributed by atoms with Crippen molar-refractivity contribution < 1.29 is 24.5 Å². The van der Waals surface area contributed by atoms with Crippen molar-refractivity contribution in [3.05, 3.63) is 35.1 Å². The molecule has 0 aliphatic heterocycles. The summed E-state index contributed by atoms with van der Waals surface area (Å²) in [5.74, 6) is -2.22. The predicted molar refractivity (Wildman–Crippen MR) is 49.9 cm³/mol. The number of hydrogen-bond donors (Lipinski definition) is 3. The van der Waals surface area contributed by atoms with Crippen molar-refractivity contribution >= 4 is 5.97 Å². The fraction of sp³-hybridized carbons (Fsp3) is 0.200. The van der Waals surface area contributed by atoms with E-state index in [0.29, 0.717) is 6.07 Å². The van der Waals surface area contributed by atoms with Gasteiger partial charge < -0.3 is 15.3 Å². The molecule has 0 spiro atoms. The molecule has 6 heteroatoms. The molecule has 0 bridgehead atoms. The number of benzene rings is 1. The van der Waals surface area contributed by atoms with E-state index in [1.165, 1.54) is 6.07 Å². The highest BCUT2D eigenvalue weighted by atomic mass is 19.1. The largest absolute Gasteiger partial charge is 0.478 e. The first-order valence-corrected chi connectivity index (χ1v) is 4.26. The van der Waals surface area contributed by atoms with Crippen LogP contribution in [0.25, 0.3) is 0 Å². The molecule has 2 atom stereocenters. The average molecular weight is 225 g/mol. The minimum Gasteiger partial charge on any atom is -0.478 e. The lowest BCUT2D eigenvalue weighted by Gasteiger charge is -2.14. The highest BCUT2D eigenvalue weighted by Crippen LogP contribution is 2.22. The van der Waals surface area contributed by atoms with Gasteiger partial charge in [-0.15, -0.1) is 0 Å². The summed E-state index contributed by atoms with van der Waals surface area (Å²) >= 11 is 0. The maximum Gasteiger partial charge on any atom is 0.336 e. The molecule has 0 aliphatic rings. The summed E-state index contributed by atoms with van der Waals surface area (Å²) in [4.78, 5) is 10.7. The van der Waals surface area contributed by atoms with Crippen LogP contribution in [0, 0.1) is 17.1 Å². The summed E-state index contributed by atoms with van der Waals surface area (Å²) in [5.41, 5.74) is -0.690. The summed E-state index contributed by atoms with van der Waals surface area (Å²) < 4.78 is 12.8. The van der Waals surface area contributed by atoms with Gasteiger partial charge in [-0.3, -0.25) is 0 Å². The molecule has 0 amide bonds. The van der Waals surface area contributed by atoms with Crippen LogP contribution < -0.4 is 0 Å². The topological polar surface area (TPSA) is 102 Å². The predicted octanol–water partition coefficient (Wildman–Crippen LogP) is 0.442. The first-order valence-electron chi connectivity index (χ1n) is 4.26. The number of aromatic carboxylic acids is 1. The fourth-order valence-corrected chi connectivity index (χ4v) is 1.21. The summed E-state index contributed by atoms with van der Waals surface area (Å²) in [6.45, 7) is 0. The Hall–Kier alpha value is -1.97. The van der Waals surface area contributed by atoms with Gasteiger partial charge in [-0.25, -0.2) is 9.18 Å². The van der Waals surface area contributed by atoms with Crippen LogP contribution in [0.5, 0.6) is 0 Å². The molecule has 1 aromatic rings. The summed E-state index contributed by atoms with van der Waals surface area (Å²) in [6.07, 6.45) is -3.44. The van der Waals surface area contributed by atoms with E-state index in [1.54, 1.807) is 0 Å². The van der Waals surface area contributed by atoms with E-state index in [9.17, 15) is 14.3 Å². The number of nitrogens with zero attached hydrogens (tertiary/aromatic N) is 1. The molecule has 0 aromatic heterocycles. The SMILES string of the molecule is N#CC(O)C(O)c1ccc(F)cc1C(=O)O. The Kier molecular flexibility index (Phi) is 3.55. The number of carboxylic acid groups (broad SMARTS) is 1. The van der Waals surface area contributed by atoms with Crippen LogP contribution in [0.1, 0.15) is 22.0 Å².